The molecule has 0 radical (unpaired) electrons. The van der Waals surface area contributed by atoms with E-state index in [9.17, 15) is 10.1 Å². The number of carbonyl (C=O) groups is 1. The standard InChI is InChI=1S/C31H23ClN4O3/c32-26-12-8-22(9-13-26)21-39-28-14-10-23(11-15-28)30-25(20-36(35-30)27-5-2-1-3-6-27)17-24(18-33)31(37)34-19-29-7-4-16-38-29/h1-17,20H,19,21H2,(H,34,37)/b24-17-. The molecule has 5 rings (SSSR count). The van der Waals surface area contributed by atoms with Crippen molar-refractivity contribution in [3.05, 3.63) is 131 Å². The summed E-state index contributed by atoms with van der Waals surface area (Å²) in [5.74, 6) is 0.790. The van der Waals surface area contributed by atoms with Crippen molar-refractivity contribution in [2.24, 2.45) is 0 Å². The normalized spacial score (nSPS) is 11.1. The predicted octanol–water partition coefficient (Wildman–Crippen LogP) is 6.59. The maximum absolute atomic E-state index is 12.8. The molecule has 0 spiro atoms. The second-order valence-electron chi connectivity index (χ2n) is 8.58. The van der Waals surface area contributed by atoms with Gasteiger partial charge in [0.1, 0.15) is 29.8 Å². The Balaban J connectivity index is 1.41. The molecule has 0 saturated carbocycles. The Morgan fingerprint density at radius 1 is 1.03 bits per heavy atom. The van der Waals surface area contributed by atoms with Crippen LogP contribution in [0.5, 0.6) is 5.75 Å². The van der Waals surface area contributed by atoms with Gasteiger partial charge in [-0.15, -0.1) is 0 Å². The van der Waals surface area contributed by atoms with Crippen LogP contribution in [0.15, 0.2) is 113 Å². The van der Waals surface area contributed by atoms with Crippen molar-refractivity contribution in [3.8, 4) is 28.8 Å². The van der Waals surface area contributed by atoms with Gasteiger partial charge in [-0.3, -0.25) is 4.79 Å². The van der Waals surface area contributed by atoms with E-state index in [0.717, 1.165) is 16.8 Å². The number of hydrogen-bond acceptors (Lipinski definition) is 5. The highest BCUT2D eigenvalue weighted by molar-refractivity contribution is 6.30. The average molecular weight is 535 g/mol. The fraction of sp³-hybridized carbons (Fsp3) is 0.0645. The molecule has 0 bridgehead atoms. The van der Waals surface area contributed by atoms with Gasteiger partial charge in [0, 0.05) is 22.3 Å². The molecule has 0 aliphatic heterocycles. The zero-order chi connectivity index (χ0) is 27.0. The van der Waals surface area contributed by atoms with Crippen LogP contribution in [0, 0.1) is 11.3 Å². The molecule has 2 aromatic heterocycles. The molecule has 0 atom stereocenters. The molecule has 5 aromatic rings. The summed E-state index contributed by atoms with van der Waals surface area (Å²) >= 11 is 5.96. The molecule has 192 valence electrons. The van der Waals surface area contributed by atoms with Crippen LogP contribution in [0.4, 0.5) is 0 Å². The molecule has 0 aliphatic carbocycles. The molecule has 1 amide bonds. The van der Waals surface area contributed by atoms with Gasteiger partial charge in [-0.25, -0.2) is 4.68 Å². The Morgan fingerprint density at radius 3 is 2.49 bits per heavy atom. The van der Waals surface area contributed by atoms with Gasteiger partial charge < -0.3 is 14.5 Å². The average Bonchev–Trinajstić information content (AvgIpc) is 3.65. The van der Waals surface area contributed by atoms with Gasteiger partial charge in [0.25, 0.3) is 5.91 Å². The highest BCUT2D eigenvalue weighted by Gasteiger charge is 2.16. The first-order valence-corrected chi connectivity index (χ1v) is 12.5. The second kappa shape index (κ2) is 12.0. The van der Waals surface area contributed by atoms with Crippen molar-refractivity contribution in [1.29, 1.82) is 5.26 Å². The second-order valence-corrected chi connectivity index (χ2v) is 9.02. The summed E-state index contributed by atoms with van der Waals surface area (Å²) in [4.78, 5) is 12.8. The van der Waals surface area contributed by atoms with E-state index in [0.29, 0.717) is 34.4 Å². The van der Waals surface area contributed by atoms with Gasteiger partial charge in [-0.05, 0) is 72.3 Å². The topological polar surface area (TPSA) is 93.1 Å². The van der Waals surface area contributed by atoms with Gasteiger partial charge >= 0.3 is 0 Å². The number of furan rings is 1. The lowest BCUT2D eigenvalue weighted by Gasteiger charge is -2.07. The summed E-state index contributed by atoms with van der Waals surface area (Å²) in [6, 6.07) is 30.1. The lowest BCUT2D eigenvalue weighted by molar-refractivity contribution is -0.117. The van der Waals surface area contributed by atoms with E-state index in [4.69, 9.17) is 25.9 Å². The van der Waals surface area contributed by atoms with Gasteiger partial charge in [0.2, 0.25) is 0 Å². The molecular formula is C31H23ClN4O3. The number of benzene rings is 3. The maximum atomic E-state index is 12.8. The first-order valence-electron chi connectivity index (χ1n) is 12.1. The van der Waals surface area contributed by atoms with Crippen molar-refractivity contribution in [3.63, 3.8) is 0 Å². The summed E-state index contributed by atoms with van der Waals surface area (Å²) < 4.78 is 12.9. The van der Waals surface area contributed by atoms with Crippen LogP contribution in [-0.4, -0.2) is 15.7 Å². The van der Waals surface area contributed by atoms with Crippen molar-refractivity contribution in [2.45, 2.75) is 13.2 Å². The summed E-state index contributed by atoms with van der Waals surface area (Å²) in [7, 11) is 0. The highest BCUT2D eigenvalue weighted by Crippen LogP contribution is 2.28. The third kappa shape index (κ3) is 6.45. The largest absolute Gasteiger partial charge is 0.489 e. The molecule has 0 aliphatic rings. The van der Waals surface area contributed by atoms with Gasteiger partial charge in [-0.1, -0.05) is 41.9 Å². The van der Waals surface area contributed by atoms with E-state index >= 15 is 0 Å². The van der Waals surface area contributed by atoms with E-state index in [1.165, 1.54) is 6.26 Å². The zero-order valence-electron chi connectivity index (χ0n) is 20.8. The Kier molecular flexibility index (Phi) is 7.87. The number of nitrogens with one attached hydrogen (secondary N) is 1. The summed E-state index contributed by atoms with van der Waals surface area (Å²) in [6.45, 7) is 0.588. The summed E-state index contributed by atoms with van der Waals surface area (Å²) in [5, 5.41) is 17.9. The molecule has 3 aromatic carbocycles. The van der Waals surface area contributed by atoms with Crippen LogP contribution in [0.3, 0.4) is 0 Å². The van der Waals surface area contributed by atoms with Crippen LogP contribution in [-0.2, 0) is 17.9 Å². The zero-order valence-corrected chi connectivity index (χ0v) is 21.5. The molecule has 8 heteroatoms. The van der Waals surface area contributed by atoms with Crippen LogP contribution < -0.4 is 10.1 Å². The molecule has 2 heterocycles. The molecule has 0 fully saturated rings. The SMILES string of the molecule is N#C/C(=C/c1cn(-c2ccccc2)nc1-c1ccc(OCc2ccc(Cl)cc2)cc1)C(=O)NCc1ccco1. The number of para-hydroxylation sites is 1. The van der Waals surface area contributed by atoms with E-state index in [1.807, 2.05) is 84.9 Å². The van der Waals surface area contributed by atoms with Crippen molar-refractivity contribution >= 4 is 23.6 Å². The monoisotopic (exact) mass is 534 g/mol. The molecule has 0 unspecified atom stereocenters. The van der Waals surface area contributed by atoms with Gasteiger partial charge in [0.05, 0.1) is 24.2 Å². The number of nitrogens with zero attached hydrogens (tertiary/aromatic N) is 3. The van der Waals surface area contributed by atoms with Crippen LogP contribution in [0.25, 0.3) is 23.0 Å². The Morgan fingerprint density at radius 2 is 1.79 bits per heavy atom. The number of halogens is 1. The molecule has 39 heavy (non-hydrogen) atoms. The maximum Gasteiger partial charge on any atom is 0.262 e. The minimum Gasteiger partial charge on any atom is -0.489 e. The third-order valence-electron chi connectivity index (χ3n) is 5.88. The van der Waals surface area contributed by atoms with E-state index in [1.54, 1.807) is 29.1 Å². The Bertz CT molecular complexity index is 1620. The quantitative estimate of drug-likeness (QED) is 0.170. The predicted molar refractivity (Wildman–Crippen MR) is 149 cm³/mol. The summed E-state index contributed by atoms with van der Waals surface area (Å²) in [5.41, 5.74) is 3.86. The first-order chi connectivity index (χ1) is 19.1. The highest BCUT2D eigenvalue weighted by atomic mass is 35.5. The molecule has 7 nitrogen and oxygen atoms in total. The fourth-order valence-corrected chi connectivity index (χ4v) is 3.99. The number of rotatable bonds is 9. The van der Waals surface area contributed by atoms with Crippen LogP contribution >= 0.6 is 11.6 Å². The first kappa shape index (κ1) is 25.6. The number of nitriles is 1. The lowest BCUT2D eigenvalue weighted by Crippen LogP contribution is -2.23. The molecule has 1 N–H and O–H groups in total. The molecular weight excluding hydrogens is 512 g/mol. The van der Waals surface area contributed by atoms with E-state index < -0.39 is 5.91 Å². The minimum atomic E-state index is -0.502. The van der Waals surface area contributed by atoms with Crippen LogP contribution in [0.1, 0.15) is 16.9 Å². The number of aromatic nitrogens is 2. The Labute approximate surface area is 230 Å². The van der Waals surface area contributed by atoms with Gasteiger partial charge in [-0.2, -0.15) is 10.4 Å². The smallest absolute Gasteiger partial charge is 0.262 e. The van der Waals surface area contributed by atoms with Crippen molar-refractivity contribution in [1.82, 2.24) is 15.1 Å². The van der Waals surface area contributed by atoms with Gasteiger partial charge in [0.15, 0.2) is 0 Å². The Hall–Kier alpha value is -5.06. The summed E-state index contributed by atoms with van der Waals surface area (Å²) in [6.07, 6.45) is 4.87. The number of ether oxygens (including phenoxy) is 1. The minimum absolute atomic E-state index is 0.0432. The van der Waals surface area contributed by atoms with E-state index in [2.05, 4.69) is 5.32 Å². The number of carbonyl (C=O) groups excluding carboxylic acids is 1. The number of amides is 1. The van der Waals surface area contributed by atoms with Crippen LogP contribution in [0.2, 0.25) is 5.02 Å². The number of hydrogen-bond donors (Lipinski definition) is 1. The lowest BCUT2D eigenvalue weighted by atomic mass is 10.1. The molecule has 0 saturated heterocycles. The van der Waals surface area contributed by atoms with E-state index in [-0.39, 0.29) is 12.1 Å². The van der Waals surface area contributed by atoms with Crippen molar-refractivity contribution < 1.29 is 13.9 Å². The third-order valence-corrected chi connectivity index (χ3v) is 6.13. The van der Waals surface area contributed by atoms with Crippen molar-refractivity contribution in [2.75, 3.05) is 0 Å². The fourth-order valence-electron chi connectivity index (χ4n) is 3.87.